The van der Waals surface area contributed by atoms with E-state index in [0.717, 1.165) is 53.5 Å². The van der Waals surface area contributed by atoms with E-state index in [1.54, 1.807) is 6.92 Å². The maximum atomic E-state index is 12.8. The van der Waals surface area contributed by atoms with E-state index in [9.17, 15) is 9.59 Å². The van der Waals surface area contributed by atoms with Gasteiger partial charge in [0.25, 0.3) is 0 Å². The van der Waals surface area contributed by atoms with E-state index < -0.39 is 17.6 Å². The summed E-state index contributed by atoms with van der Waals surface area (Å²) >= 11 is 0. The highest BCUT2D eigenvalue weighted by Gasteiger charge is 2.44. The van der Waals surface area contributed by atoms with Crippen molar-refractivity contribution < 1.29 is 23.6 Å². The predicted octanol–water partition coefficient (Wildman–Crippen LogP) is 8.00. The Labute approximate surface area is 234 Å². The molecule has 1 N–H and O–H groups in total. The number of hydrogen-bond acceptors (Lipinski definition) is 6. The van der Waals surface area contributed by atoms with Crippen LogP contribution in [0.1, 0.15) is 62.5 Å². The molecule has 1 unspecified atom stereocenters. The Balaban J connectivity index is 1.30. The van der Waals surface area contributed by atoms with Gasteiger partial charge in [0.2, 0.25) is 0 Å². The van der Waals surface area contributed by atoms with E-state index in [1.807, 2.05) is 68.4 Å². The summed E-state index contributed by atoms with van der Waals surface area (Å²) in [6.45, 7) is 5.84. The predicted molar refractivity (Wildman–Crippen MR) is 154 cm³/mol. The van der Waals surface area contributed by atoms with Gasteiger partial charge in [-0.05, 0) is 55.9 Å². The highest BCUT2D eigenvalue weighted by molar-refractivity contribution is 5.91. The Morgan fingerprint density at radius 2 is 1.52 bits per heavy atom. The fourth-order valence-corrected chi connectivity index (χ4v) is 5.45. The van der Waals surface area contributed by atoms with Crippen molar-refractivity contribution in [2.24, 2.45) is 0 Å². The molecule has 3 aromatic carbocycles. The fourth-order valence-electron chi connectivity index (χ4n) is 5.45. The zero-order valence-electron chi connectivity index (χ0n) is 23.1. The molecule has 0 bridgehead atoms. The zero-order valence-corrected chi connectivity index (χ0v) is 23.1. The van der Waals surface area contributed by atoms with E-state index in [0.29, 0.717) is 23.7 Å². The van der Waals surface area contributed by atoms with Crippen LogP contribution >= 0.6 is 0 Å². The standard InChI is InChI=1S/C33H34N2O5/c1-4-38-31(36)33(20-8-9-21-33)28-18-16-26(17-19-28)25-12-14-27(15-13-25)30-29(22(2)35-40-30)34-32(37)39-23(3)24-10-6-5-7-11-24/h5-7,10-19,23H,4,8-9,20-21H2,1-3H3,(H,34,37). The number of hydrogen-bond donors (Lipinski definition) is 1. The normalized spacial score (nSPS) is 14.9. The Hall–Kier alpha value is -4.39. The molecule has 0 aliphatic heterocycles. The molecule has 5 rings (SSSR count). The van der Waals surface area contributed by atoms with Gasteiger partial charge in [0.15, 0.2) is 5.76 Å². The second-order valence-electron chi connectivity index (χ2n) is 10.2. The maximum absolute atomic E-state index is 12.8. The maximum Gasteiger partial charge on any atom is 0.412 e. The number of nitrogens with one attached hydrogen (secondary N) is 1. The molecule has 0 spiro atoms. The SMILES string of the molecule is CCOC(=O)C1(c2ccc(-c3ccc(-c4onc(C)c4NC(=O)OC(C)c4ccccc4)cc3)cc2)CCCC1. The highest BCUT2D eigenvalue weighted by Crippen LogP contribution is 2.43. The summed E-state index contributed by atoms with van der Waals surface area (Å²) in [5.74, 6) is 0.344. The van der Waals surface area contributed by atoms with Crippen LogP contribution < -0.4 is 5.32 Å². The van der Waals surface area contributed by atoms with Crippen LogP contribution in [0.15, 0.2) is 83.4 Å². The second-order valence-corrected chi connectivity index (χ2v) is 10.2. The zero-order chi connectivity index (χ0) is 28.1. The molecule has 1 atom stereocenters. The number of benzene rings is 3. The first-order chi connectivity index (χ1) is 19.4. The molecule has 1 amide bonds. The third kappa shape index (κ3) is 5.50. The van der Waals surface area contributed by atoms with Gasteiger partial charge >= 0.3 is 12.1 Å². The lowest BCUT2D eigenvalue weighted by Crippen LogP contribution is -2.34. The third-order valence-corrected chi connectivity index (χ3v) is 7.68. The van der Waals surface area contributed by atoms with Crippen molar-refractivity contribution in [3.63, 3.8) is 0 Å². The van der Waals surface area contributed by atoms with Gasteiger partial charge in [-0.1, -0.05) is 96.9 Å². The molecule has 1 fully saturated rings. The van der Waals surface area contributed by atoms with E-state index in [4.69, 9.17) is 14.0 Å². The number of ether oxygens (including phenoxy) is 2. The topological polar surface area (TPSA) is 90.7 Å². The first-order valence-corrected chi connectivity index (χ1v) is 13.8. The first kappa shape index (κ1) is 27.2. The molecule has 206 valence electrons. The number of anilines is 1. The Bertz CT molecular complexity index is 1450. The minimum Gasteiger partial charge on any atom is -0.465 e. The van der Waals surface area contributed by atoms with Crippen LogP contribution in [0.4, 0.5) is 10.5 Å². The minimum absolute atomic E-state index is 0.116. The molecule has 1 aliphatic carbocycles. The van der Waals surface area contributed by atoms with Crippen LogP contribution in [0.5, 0.6) is 0 Å². The van der Waals surface area contributed by atoms with Crippen molar-refractivity contribution in [1.82, 2.24) is 5.16 Å². The molecular formula is C33H34N2O5. The van der Waals surface area contributed by atoms with Gasteiger partial charge in [-0.25, -0.2) is 4.79 Å². The number of esters is 1. The molecule has 1 aromatic heterocycles. The molecule has 4 aromatic rings. The van der Waals surface area contributed by atoms with E-state index in [1.165, 1.54) is 0 Å². The molecule has 7 heteroatoms. The molecule has 1 aliphatic rings. The Kier molecular flexibility index (Phi) is 8.01. The van der Waals surface area contributed by atoms with Crippen molar-refractivity contribution in [2.75, 3.05) is 11.9 Å². The first-order valence-electron chi connectivity index (χ1n) is 13.8. The Morgan fingerprint density at radius 3 is 2.15 bits per heavy atom. The third-order valence-electron chi connectivity index (χ3n) is 7.68. The summed E-state index contributed by atoms with van der Waals surface area (Å²) in [6, 6.07) is 25.6. The minimum atomic E-state index is -0.580. The monoisotopic (exact) mass is 538 g/mol. The number of aromatic nitrogens is 1. The van der Waals surface area contributed by atoms with Crippen LogP contribution in [0, 0.1) is 6.92 Å². The van der Waals surface area contributed by atoms with Crippen LogP contribution in [-0.4, -0.2) is 23.8 Å². The summed E-state index contributed by atoms with van der Waals surface area (Å²) in [5, 5.41) is 6.87. The average Bonchev–Trinajstić information content (AvgIpc) is 3.62. The molecule has 0 radical (unpaired) electrons. The summed E-state index contributed by atoms with van der Waals surface area (Å²) in [7, 11) is 0. The lowest BCUT2D eigenvalue weighted by atomic mass is 9.78. The number of rotatable bonds is 8. The number of amides is 1. The van der Waals surface area contributed by atoms with Crippen LogP contribution in [0.3, 0.4) is 0 Å². The molecule has 40 heavy (non-hydrogen) atoms. The van der Waals surface area contributed by atoms with Gasteiger partial charge in [-0.2, -0.15) is 0 Å². The average molecular weight is 539 g/mol. The Morgan fingerprint density at radius 1 is 0.925 bits per heavy atom. The van der Waals surface area contributed by atoms with Gasteiger partial charge in [0, 0.05) is 5.56 Å². The van der Waals surface area contributed by atoms with Gasteiger partial charge in [0.05, 0.1) is 12.0 Å². The summed E-state index contributed by atoms with van der Waals surface area (Å²) in [6.07, 6.45) is 2.73. The van der Waals surface area contributed by atoms with Gasteiger partial charge < -0.3 is 14.0 Å². The van der Waals surface area contributed by atoms with Gasteiger partial charge in [-0.3, -0.25) is 10.1 Å². The summed E-state index contributed by atoms with van der Waals surface area (Å²) < 4.78 is 16.6. The van der Waals surface area contributed by atoms with Crippen molar-refractivity contribution in [1.29, 1.82) is 0 Å². The van der Waals surface area contributed by atoms with E-state index in [2.05, 4.69) is 34.7 Å². The van der Waals surface area contributed by atoms with Crippen LogP contribution in [-0.2, 0) is 19.7 Å². The quantitative estimate of drug-likeness (QED) is 0.229. The van der Waals surface area contributed by atoms with Crippen LogP contribution in [0.25, 0.3) is 22.5 Å². The van der Waals surface area contributed by atoms with Crippen molar-refractivity contribution in [2.45, 2.75) is 58.0 Å². The fraction of sp³-hybridized carbons (Fsp3) is 0.303. The summed E-state index contributed by atoms with van der Waals surface area (Å²) in [4.78, 5) is 25.5. The van der Waals surface area contributed by atoms with Crippen molar-refractivity contribution in [3.8, 4) is 22.5 Å². The lowest BCUT2D eigenvalue weighted by Gasteiger charge is -2.27. The molecule has 7 nitrogen and oxygen atoms in total. The smallest absolute Gasteiger partial charge is 0.412 e. The van der Waals surface area contributed by atoms with E-state index in [-0.39, 0.29) is 5.97 Å². The van der Waals surface area contributed by atoms with Gasteiger partial charge in [0.1, 0.15) is 17.5 Å². The molecular weight excluding hydrogens is 504 g/mol. The number of carbonyl (C=O) groups is 2. The number of carbonyl (C=O) groups excluding carboxylic acids is 2. The second kappa shape index (κ2) is 11.8. The highest BCUT2D eigenvalue weighted by atomic mass is 16.6. The van der Waals surface area contributed by atoms with Crippen LogP contribution in [0.2, 0.25) is 0 Å². The largest absolute Gasteiger partial charge is 0.465 e. The number of aryl methyl sites for hydroxylation is 1. The molecule has 1 heterocycles. The molecule has 1 saturated carbocycles. The lowest BCUT2D eigenvalue weighted by molar-refractivity contribution is -0.150. The summed E-state index contributed by atoms with van der Waals surface area (Å²) in [5.41, 5.74) is 5.26. The van der Waals surface area contributed by atoms with E-state index >= 15 is 0 Å². The van der Waals surface area contributed by atoms with Crippen molar-refractivity contribution in [3.05, 3.63) is 95.7 Å². The number of nitrogens with zero attached hydrogens (tertiary/aromatic N) is 1. The van der Waals surface area contributed by atoms with Gasteiger partial charge in [-0.15, -0.1) is 0 Å². The van der Waals surface area contributed by atoms with Crippen molar-refractivity contribution >= 4 is 17.7 Å². The molecule has 0 saturated heterocycles.